The molecule has 176 valence electrons. The van der Waals surface area contributed by atoms with Crippen LogP contribution in [0.15, 0.2) is 48.5 Å². The van der Waals surface area contributed by atoms with E-state index in [0.29, 0.717) is 6.54 Å². The molecule has 1 N–H and O–H groups in total. The fourth-order valence-electron chi connectivity index (χ4n) is 4.68. The van der Waals surface area contributed by atoms with Crippen molar-refractivity contribution >= 4 is 11.9 Å². The lowest BCUT2D eigenvalue weighted by Gasteiger charge is -2.19. The van der Waals surface area contributed by atoms with E-state index < -0.39 is 17.7 Å². The standard InChI is InChI=1S/C27H24F3NO3/c1-15-4-6-18(7-5-15)25-17(3)23-14-31(13-22(23)16(2)21(25)12-24(32)33)26(34)19-8-10-20(11-9-19)27(28,29)30/h4-11H,12-14H2,1-3H3,(H,32,33). The number of hydrogen-bond donors (Lipinski definition) is 1. The number of carboxylic acid groups (broad SMARTS) is 1. The van der Waals surface area contributed by atoms with E-state index in [0.717, 1.165) is 56.6 Å². The molecule has 1 amide bonds. The van der Waals surface area contributed by atoms with Gasteiger partial charge in [-0.1, -0.05) is 29.8 Å². The van der Waals surface area contributed by atoms with Crippen molar-refractivity contribution in [2.24, 2.45) is 0 Å². The molecule has 0 aromatic heterocycles. The molecule has 34 heavy (non-hydrogen) atoms. The molecule has 1 heterocycles. The third kappa shape index (κ3) is 4.30. The second-order valence-electron chi connectivity index (χ2n) is 8.73. The van der Waals surface area contributed by atoms with Crippen LogP contribution in [0.2, 0.25) is 0 Å². The first-order valence-electron chi connectivity index (χ1n) is 10.9. The molecule has 0 aliphatic carbocycles. The zero-order valence-electron chi connectivity index (χ0n) is 19.1. The van der Waals surface area contributed by atoms with Gasteiger partial charge in [0.05, 0.1) is 12.0 Å². The number of carboxylic acids is 1. The maximum Gasteiger partial charge on any atom is 0.416 e. The van der Waals surface area contributed by atoms with E-state index in [1.165, 1.54) is 12.1 Å². The van der Waals surface area contributed by atoms with Gasteiger partial charge >= 0.3 is 12.1 Å². The van der Waals surface area contributed by atoms with Crippen LogP contribution in [0.4, 0.5) is 13.2 Å². The van der Waals surface area contributed by atoms with Crippen molar-refractivity contribution in [1.82, 2.24) is 4.90 Å². The lowest BCUT2D eigenvalue weighted by Crippen LogP contribution is -2.25. The summed E-state index contributed by atoms with van der Waals surface area (Å²) in [6, 6.07) is 12.1. The van der Waals surface area contributed by atoms with Gasteiger partial charge in [-0.25, -0.2) is 0 Å². The Morgan fingerprint density at radius 1 is 0.882 bits per heavy atom. The van der Waals surface area contributed by atoms with E-state index in [-0.39, 0.29) is 24.4 Å². The van der Waals surface area contributed by atoms with Crippen molar-refractivity contribution in [1.29, 1.82) is 0 Å². The molecule has 7 heteroatoms. The number of amides is 1. The highest BCUT2D eigenvalue weighted by molar-refractivity contribution is 5.95. The summed E-state index contributed by atoms with van der Waals surface area (Å²) in [7, 11) is 0. The summed E-state index contributed by atoms with van der Waals surface area (Å²) in [5, 5.41) is 9.57. The number of fused-ring (bicyclic) bond motifs is 1. The van der Waals surface area contributed by atoms with Gasteiger partial charge in [-0.15, -0.1) is 0 Å². The van der Waals surface area contributed by atoms with Crippen LogP contribution >= 0.6 is 0 Å². The molecule has 4 rings (SSSR count). The van der Waals surface area contributed by atoms with Gasteiger partial charge in [0.2, 0.25) is 0 Å². The van der Waals surface area contributed by atoms with Crippen molar-refractivity contribution < 1.29 is 27.9 Å². The molecule has 0 spiro atoms. The van der Waals surface area contributed by atoms with Gasteiger partial charge in [-0.2, -0.15) is 13.2 Å². The molecule has 0 bridgehead atoms. The van der Waals surface area contributed by atoms with Gasteiger partial charge in [-0.3, -0.25) is 9.59 Å². The summed E-state index contributed by atoms with van der Waals surface area (Å²) in [5.41, 5.74) is 6.59. The van der Waals surface area contributed by atoms with Gasteiger partial charge < -0.3 is 10.0 Å². The van der Waals surface area contributed by atoms with Gasteiger partial charge in [0.25, 0.3) is 5.91 Å². The normalized spacial score (nSPS) is 13.2. The van der Waals surface area contributed by atoms with E-state index in [9.17, 15) is 27.9 Å². The van der Waals surface area contributed by atoms with E-state index in [4.69, 9.17) is 0 Å². The summed E-state index contributed by atoms with van der Waals surface area (Å²) < 4.78 is 38.6. The largest absolute Gasteiger partial charge is 0.481 e. The van der Waals surface area contributed by atoms with E-state index >= 15 is 0 Å². The average molecular weight is 467 g/mol. The average Bonchev–Trinajstić information content (AvgIpc) is 3.23. The lowest BCUT2D eigenvalue weighted by atomic mass is 9.84. The van der Waals surface area contributed by atoms with Crippen molar-refractivity contribution in [2.45, 2.75) is 46.5 Å². The Morgan fingerprint density at radius 2 is 1.44 bits per heavy atom. The molecule has 1 aliphatic heterocycles. The second kappa shape index (κ2) is 8.63. The Bertz CT molecular complexity index is 1280. The first kappa shape index (κ1) is 23.5. The number of aryl methyl sites for hydroxylation is 1. The predicted molar refractivity (Wildman–Crippen MR) is 122 cm³/mol. The molecule has 0 fully saturated rings. The number of halogens is 3. The Hall–Kier alpha value is -3.61. The van der Waals surface area contributed by atoms with Crippen LogP contribution in [-0.2, 0) is 30.5 Å². The van der Waals surface area contributed by atoms with Crippen LogP contribution in [0.1, 0.15) is 49.3 Å². The zero-order valence-corrected chi connectivity index (χ0v) is 19.1. The van der Waals surface area contributed by atoms with E-state index in [2.05, 4.69) is 0 Å². The Balaban J connectivity index is 1.74. The molecule has 0 saturated carbocycles. The maximum atomic E-state index is 13.1. The van der Waals surface area contributed by atoms with Crippen molar-refractivity contribution in [3.05, 3.63) is 93.0 Å². The first-order valence-corrected chi connectivity index (χ1v) is 10.9. The minimum atomic E-state index is -4.47. The third-order valence-corrected chi connectivity index (χ3v) is 6.51. The predicted octanol–water partition coefficient (Wildman–Crippen LogP) is 6.08. The molecule has 0 saturated heterocycles. The summed E-state index contributed by atoms with van der Waals surface area (Å²) in [6.07, 6.45) is -4.61. The lowest BCUT2D eigenvalue weighted by molar-refractivity contribution is -0.138. The number of nitrogens with zero attached hydrogens (tertiary/aromatic N) is 1. The van der Waals surface area contributed by atoms with E-state index in [1.807, 2.05) is 45.0 Å². The molecular weight excluding hydrogens is 443 g/mol. The van der Waals surface area contributed by atoms with Gasteiger partial charge in [0.15, 0.2) is 0 Å². The topological polar surface area (TPSA) is 57.6 Å². The Labute approximate surface area is 195 Å². The molecule has 4 nitrogen and oxygen atoms in total. The van der Waals surface area contributed by atoms with Crippen molar-refractivity contribution in [3.8, 4) is 11.1 Å². The van der Waals surface area contributed by atoms with Crippen LogP contribution in [0, 0.1) is 20.8 Å². The minimum Gasteiger partial charge on any atom is -0.481 e. The summed E-state index contributed by atoms with van der Waals surface area (Å²) in [4.78, 5) is 26.4. The molecule has 1 aliphatic rings. The smallest absolute Gasteiger partial charge is 0.416 e. The SMILES string of the molecule is Cc1ccc(-c2c(C)c3c(c(C)c2CC(=O)O)CN(C(=O)c2ccc(C(F)(F)F)cc2)C3)cc1. The molecule has 0 unspecified atom stereocenters. The summed E-state index contributed by atoms with van der Waals surface area (Å²) in [6.45, 7) is 6.38. The molecule has 3 aromatic rings. The van der Waals surface area contributed by atoms with Gasteiger partial charge in [0.1, 0.15) is 0 Å². The highest BCUT2D eigenvalue weighted by Crippen LogP contribution is 2.40. The minimum absolute atomic E-state index is 0.143. The molecule has 3 aromatic carbocycles. The van der Waals surface area contributed by atoms with Crippen molar-refractivity contribution in [3.63, 3.8) is 0 Å². The number of aliphatic carboxylic acids is 1. The zero-order chi connectivity index (χ0) is 24.8. The van der Waals surface area contributed by atoms with Crippen LogP contribution in [0.25, 0.3) is 11.1 Å². The quantitative estimate of drug-likeness (QED) is 0.506. The monoisotopic (exact) mass is 467 g/mol. The number of carbonyl (C=O) groups is 2. The fraction of sp³-hybridized carbons (Fsp3) is 0.259. The summed E-state index contributed by atoms with van der Waals surface area (Å²) in [5.74, 6) is -1.30. The number of hydrogen-bond acceptors (Lipinski definition) is 2. The molecule has 0 atom stereocenters. The second-order valence-corrected chi connectivity index (χ2v) is 8.73. The van der Waals surface area contributed by atoms with Crippen LogP contribution < -0.4 is 0 Å². The number of carbonyl (C=O) groups excluding carboxylic acids is 1. The fourth-order valence-corrected chi connectivity index (χ4v) is 4.68. The van der Waals surface area contributed by atoms with Gasteiger partial charge in [-0.05, 0) is 84.0 Å². The number of benzene rings is 3. The number of alkyl halides is 3. The Morgan fingerprint density at radius 3 is 1.97 bits per heavy atom. The highest BCUT2D eigenvalue weighted by atomic mass is 19.4. The van der Waals surface area contributed by atoms with Gasteiger partial charge in [0, 0.05) is 18.7 Å². The molecular formula is C27H24F3NO3. The maximum absolute atomic E-state index is 13.1. The third-order valence-electron chi connectivity index (χ3n) is 6.51. The van der Waals surface area contributed by atoms with E-state index in [1.54, 1.807) is 4.90 Å². The van der Waals surface area contributed by atoms with Crippen LogP contribution in [0.5, 0.6) is 0 Å². The van der Waals surface area contributed by atoms with Crippen molar-refractivity contribution in [2.75, 3.05) is 0 Å². The van der Waals surface area contributed by atoms with Crippen LogP contribution in [-0.4, -0.2) is 21.9 Å². The highest BCUT2D eigenvalue weighted by Gasteiger charge is 2.33. The first-order chi connectivity index (χ1) is 16.0. The molecule has 0 radical (unpaired) electrons. The van der Waals surface area contributed by atoms with Crippen LogP contribution in [0.3, 0.4) is 0 Å². The Kier molecular flexibility index (Phi) is 5.98. The summed E-state index contributed by atoms with van der Waals surface area (Å²) >= 11 is 0. The number of rotatable bonds is 4.